The molecule has 19 heavy (non-hydrogen) atoms. The van der Waals surface area contributed by atoms with Crippen molar-refractivity contribution in [3.8, 4) is 0 Å². The summed E-state index contributed by atoms with van der Waals surface area (Å²) in [5.41, 5.74) is 6.48. The van der Waals surface area contributed by atoms with Gasteiger partial charge in [0.05, 0.1) is 11.2 Å². The van der Waals surface area contributed by atoms with Crippen LogP contribution in [0.1, 0.15) is 24.0 Å². The largest absolute Gasteiger partial charge is 0.369 e. The summed E-state index contributed by atoms with van der Waals surface area (Å²) in [5, 5.41) is 5.37. The third-order valence-electron chi connectivity index (χ3n) is 2.80. The van der Waals surface area contributed by atoms with Crippen LogP contribution in [0.15, 0.2) is 10.9 Å². The highest BCUT2D eigenvalue weighted by Crippen LogP contribution is 2.19. The Morgan fingerprint density at radius 2 is 2.11 bits per heavy atom. The Kier molecular flexibility index (Phi) is 4.64. The molecule has 0 aliphatic heterocycles. The van der Waals surface area contributed by atoms with Crippen LogP contribution in [0.2, 0.25) is 0 Å². The highest BCUT2D eigenvalue weighted by atomic mass is 32.1. The second kappa shape index (κ2) is 6.44. The molecule has 0 fully saturated rings. The Morgan fingerprint density at radius 1 is 1.32 bits per heavy atom. The molecule has 0 aliphatic carbocycles. The van der Waals surface area contributed by atoms with Gasteiger partial charge in [-0.3, -0.25) is 0 Å². The number of rotatable bonds is 6. The maximum atomic E-state index is 5.47. The third-order valence-corrected chi connectivity index (χ3v) is 3.44. The fourth-order valence-corrected chi connectivity index (χ4v) is 2.30. The van der Waals surface area contributed by atoms with Crippen molar-refractivity contribution in [1.29, 1.82) is 0 Å². The Hall–Kier alpha value is -1.73. The molecule has 0 spiro atoms. The fraction of sp³-hybridized carbons (Fsp3) is 0.417. The van der Waals surface area contributed by atoms with Crippen LogP contribution in [-0.2, 0) is 12.8 Å². The van der Waals surface area contributed by atoms with E-state index in [1.807, 2.05) is 19.4 Å². The topological polar surface area (TPSA) is 88.8 Å². The van der Waals surface area contributed by atoms with Gasteiger partial charge >= 0.3 is 0 Å². The maximum absolute atomic E-state index is 5.47. The minimum Gasteiger partial charge on any atom is -0.369 e. The van der Waals surface area contributed by atoms with E-state index in [0.717, 1.165) is 42.3 Å². The van der Waals surface area contributed by atoms with E-state index in [1.165, 1.54) is 0 Å². The van der Waals surface area contributed by atoms with Gasteiger partial charge in [0.1, 0.15) is 17.5 Å². The van der Waals surface area contributed by atoms with Gasteiger partial charge < -0.3 is 10.7 Å². The lowest BCUT2D eigenvalue weighted by Gasteiger charge is -2.12. The molecule has 7 heteroatoms. The standard InChI is InChI=1S/C12H18N6S/c1-3-10-16-11(8(2)12(17-10)18-13)14-5-4-9-6-19-7-15-9/h6-7H,3-5,13H2,1-2H3,(H2,14,16,17,18). The first kappa shape index (κ1) is 13.7. The van der Waals surface area contributed by atoms with Crippen LogP contribution >= 0.6 is 11.3 Å². The lowest BCUT2D eigenvalue weighted by Crippen LogP contribution is -2.15. The number of anilines is 2. The summed E-state index contributed by atoms with van der Waals surface area (Å²) in [7, 11) is 0. The summed E-state index contributed by atoms with van der Waals surface area (Å²) < 4.78 is 0. The molecule has 0 atom stereocenters. The van der Waals surface area contributed by atoms with Gasteiger partial charge in [0, 0.05) is 30.3 Å². The van der Waals surface area contributed by atoms with Crippen molar-refractivity contribution in [2.24, 2.45) is 5.84 Å². The van der Waals surface area contributed by atoms with Crippen LogP contribution in [-0.4, -0.2) is 21.5 Å². The van der Waals surface area contributed by atoms with Crippen LogP contribution in [0.5, 0.6) is 0 Å². The molecular weight excluding hydrogens is 260 g/mol. The maximum Gasteiger partial charge on any atom is 0.148 e. The zero-order valence-electron chi connectivity index (χ0n) is 11.1. The van der Waals surface area contributed by atoms with E-state index in [4.69, 9.17) is 5.84 Å². The van der Waals surface area contributed by atoms with Crippen molar-refractivity contribution >= 4 is 23.0 Å². The first-order valence-corrected chi connectivity index (χ1v) is 7.14. The second-order valence-electron chi connectivity index (χ2n) is 4.12. The first-order chi connectivity index (χ1) is 9.24. The molecule has 2 aromatic heterocycles. The molecule has 2 heterocycles. The van der Waals surface area contributed by atoms with E-state index in [0.29, 0.717) is 5.82 Å². The number of hydrazine groups is 1. The van der Waals surface area contributed by atoms with Gasteiger partial charge in [0.25, 0.3) is 0 Å². The van der Waals surface area contributed by atoms with Gasteiger partial charge in [-0.1, -0.05) is 6.92 Å². The zero-order valence-corrected chi connectivity index (χ0v) is 11.9. The average Bonchev–Trinajstić information content (AvgIpc) is 2.94. The van der Waals surface area contributed by atoms with Crippen molar-refractivity contribution in [2.45, 2.75) is 26.7 Å². The van der Waals surface area contributed by atoms with E-state index in [9.17, 15) is 0 Å². The number of nitrogen functional groups attached to an aromatic ring is 1. The van der Waals surface area contributed by atoms with Crippen molar-refractivity contribution in [3.63, 3.8) is 0 Å². The predicted octanol–water partition coefficient (Wildman–Crippen LogP) is 1.74. The molecule has 0 saturated heterocycles. The summed E-state index contributed by atoms with van der Waals surface area (Å²) in [4.78, 5) is 13.1. The van der Waals surface area contributed by atoms with E-state index in [1.54, 1.807) is 11.3 Å². The molecule has 0 aromatic carbocycles. The quantitative estimate of drug-likeness (QED) is 0.551. The fourth-order valence-electron chi connectivity index (χ4n) is 1.70. The number of nitrogens with two attached hydrogens (primary N) is 1. The van der Waals surface area contributed by atoms with Gasteiger partial charge in [0.2, 0.25) is 0 Å². The van der Waals surface area contributed by atoms with Gasteiger partial charge in [-0.05, 0) is 6.92 Å². The average molecular weight is 278 g/mol. The van der Waals surface area contributed by atoms with E-state index in [2.05, 4.69) is 31.1 Å². The Bertz CT molecular complexity index is 525. The summed E-state index contributed by atoms with van der Waals surface area (Å²) in [6, 6.07) is 0. The molecule has 0 unspecified atom stereocenters. The molecule has 2 aromatic rings. The normalized spacial score (nSPS) is 10.5. The van der Waals surface area contributed by atoms with Crippen molar-refractivity contribution in [1.82, 2.24) is 15.0 Å². The SMILES string of the molecule is CCc1nc(NN)c(C)c(NCCc2cscn2)n1. The first-order valence-electron chi connectivity index (χ1n) is 6.19. The van der Waals surface area contributed by atoms with Crippen molar-refractivity contribution in [3.05, 3.63) is 28.0 Å². The number of hydrogen-bond donors (Lipinski definition) is 3. The van der Waals surface area contributed by atoms with Gasteiger partial charge in [-0.25, -0.2) is 20.8 Å². The van der Waals surface area contributed by atoms with Gasteiger partial charge in [-0.15, -0.1) is 11.3 Å². The molecule has 6 nitrogen and oxygen atoms in total. The van der Waals surface area contributed by atoms with E-state index in [-0.39, 0.29) is 0 Å². The number of aromatic nitrogens is 3. The van der Waals surface area contributed by atoms with Crippen LogP contribution in [0.25, 0.3) is 0 Å². The van der Waals surface area contributed by atoms with Crippen molar-refractivity contribution in [2.75, 3.05) is 17.3 Å². The molecule has 0 aliphatic rings. The number of hydrogen-bond acceptors (Lipinski definition) is 7. The number of thiazole rings is 1. The van der Waals surface area contributed by atoms with E-state index >= 15 is 0 Å². The number of nitrogens with one attached hydrogen (secondary N) is 2. The van der Waals surface area contributed by atoms with Gasteiger partial charge in [0.15, 0.2) is 0 Å². The predicted molar refractivity (Wildman–Crippen MR) is 78.3 cm³/mol. The van der Waals surface area contributed by atoms with Crippen LogP contribution in [0.3, 0.4) is 0 Å². The summed E-state index contributed by atoms with van der Waals surface area (Å²) >= 11 is 1.61. The monoisotopic (exact) mass is 278 g/mol. The molecule has 0 bridgehead atoms. The van der Waals surface area contributed by atoms with Crippen molar-refractivity contribution < 1.29 is 0 Å². The Morgan fingerprint density at radius 3 is 2.74 bits per heavy atom. The second-order valence-corrected chi connectivity index (χ2v) is 4.84. The van der Waals surface area contributed by atoms with E-state index < -0.39 is 0 Å². The summed E-state index contributed by atoms with van der Waals surface area (Å²) in [6.45, 7) is 4.75. The molecule has 102 valence electrons. The van der Waals surface area contributed by atoms with Crippen LogP contribution in [0.4, 0.5) is 11.6 Å². The highest BCUT2D eigenvalue weighted by molar-refractivity contribution is 7.07. The molecule has 0 amide bonds. The summed E-state index contributed by atoms with van der Waals surface area (Å²) in [5.74, 6) is 7.74. The lowest BCUT2D eigenvalue weighted by molar-refractivity contribution is 0.908. The molecule has 0 saturated carbocycles. The third kappa shape index (κ3) is 3.39. The molecule has 2 rings (SSSR count). The summed E-state index contributed by atoms with van der Waals surface area (Å²) in [6.07, 6.45) is 1.65. The minimum absolute atomic E-state index is 0.669. The Labute approximate surface area is 116 Å². The molecule has 0 radical (unpaired) electrons. The minimum atomic E-state index is 0.669. The number of nitrogens with zero attached hydrogens (tertiary/aromatic N) is 3. The van der Waals surface area contributed by atoms with Crippen LogP contribution < -0.4 is 16.6 Å². The smallest absolute Gasteiger partial charge is 0.148 e. The lowest BCUT2D eigenvalue weighted by atomic mass is 10.2. The van der Waals surface area contributed by atoms with Gasteiger partial charge in [-0.2, -0.15) is 0 Å². The zero-order chi connectivity index (χ0) is 13.7. The highest BCUT2D eigenvalue weighted by Gasteiger charge is 2.09. The number of aryl methyl sites for hydroxylation is 1. The molecular formula is C12H18N6S. The van der Waals surface area contributed by atoms with Crippen LogP contribution in [0, 0.1) is 6.92 Å². The Balaban J connectivity index is 2.06. The molecule has 4 N–H and O–H groups in total.